The summed E-state index contributed by atoms with van der Waals surface area (Å²) in [5.74, 6) is 0. The predicted octanol–water partition coefficient (Wildman–Crippen LogP) is 16.7. The van der Waals surface area contributed by atoms with Crippen LogP contribution in [0.3, 0.4) is 0 Å². The van der Waals surface area contributed by atoms with Crippen molar-refractivity contribution in [1.82, 2.24) is 0 Å². The molecule has 12 rings (SSSR count). The highest BCUT2D eigenvalue weighted by Crippen LogP contribution is 2.53. The Bertz CT molecular complexity index is 3500. The highest BCUT2D eigenvalue weighted by Gasteiger charge is 2.37. The lowest BCUT2D eigenvalue weighted by Crippen LogP contribution is -2.17. The predicted molar refractivity (Wildman–Crippen MR) is 257 cm³/mol. The molecule has 0 bridgehead atoms. The van der Waals surface area contributed by atoms with Gasteiger partial charge >= 0.3 is 0 Å². The Morgan fingerprint density at radius 2 is 0.951 bits per heavy atom. The van der Waals surface area contributed by atoms with Crippen molar-refractivity contribution >= 4 is 60.5 Å². The lowest BCUT2D eigenvalue weighted by molar-refractivity contribution is 0.660. The van der Waals surface area contributed by atoms with Crippen LogP contribution in [0.25, 0.3) is 88.0 Å². The van der Waals surface area contributed by atoms with Gasteiger partial charge in [0, 0.05) is 27.4 Å². The Morgan fingerprint density at radius 1 is 0.361 bits per heavy atom. The summed E-state index contributed by atoms with van der Waals surface area (Å²) in [5.41, 5.74) is 17.1. The molecule has 0 spiro atoms. The van der Waals surface area contributed by atoms with E-state index in [0.29, 0.717) is 0 Å². The van der Waals surface area contributed by atoms with Crippen LogP contribution in [0, 0.1) is 0 Å². The summed E-state index contributed by atoms with van der Waals surface area (Å²) >= 11 is 0. The minimum atomic E-state index is -0.257. The van der Waals surface area contributed by atoms with Gasteiger partial charge in [0.2, 0.25) is 0 Å². The number of para-hydroxylation sites is 3. The molecule has 1 heterocycles. The van der Waals surface area contributed by atoms with Crippen LogP contribution in [0.15, 0.2) is 217 Å². The number of hydrogen-bond donors (Lipinski definition) is 0. The van der Waals surface area contributed by atoms with E-state index in [-0.39, 0.29) is 5.41 Å². The summed E-state index contributed by atoms with van der Waals surface area (Å²) in [6, 6.07) is 77.3. The number of nitrogens with zero attached hydrogens (tertiary/aromatic N) is 1. The van der Waals surface area contributed by atoms with Crippen molar-refractivity contribution < 1.29 is 4.42 Å². The van der Waals surface area contributed by atoms with Crippen LogP contribution in [-0.4, -0.2) is 0 Å². The number of anilines is 3. The van der Waals surface area contributed by atoms with E-state index >= 15 is 0 Å². The fraction of sp³-hybridized carbons (Fsp3) is 0.0508. The fourth-order valence-corrected chi connectivity index (χ4v) is 10.0. The van der Waals surface area contributed by atoms with E-state index in [2.05, 4.69) is 225 Å². The second kappa shape index (κ2) is 13.7. The van der Waals surface area contributed by atoms with E-state index in [1.54, 1.807) is 0 Å². The van der Waals surface area contributed by atoms with Gasteiger partial charge in [-0.3, -0.25) is 0 Å². The third kappa shape index (κ3) is 5.56. The minimum absolute atomic E-state index is 0.257. The van der Waals surface area contributed by atoms with Crippen LogP contribution in [-0.2, 0) is 5.41 Å². The van der Waals surface area contributed by atoms with E-state index in [0.717, 1.165) is 50.1 Å². The van der Waals surface area contributed by atoms with Crippen molar-refractivity contribution in [3.05, 3.63) is 223 Å². The van der Waals surface area contributed by atoms with Crippen molar-refractivity contribution in [2.75, 3.05) is 4.90 Å². The van der Waals surface area contributed by atoms with Crippen LogP contribution in [0.1, 0.15) is 25.0 Å². The molecule has 0 N–H and O–H groups in total. The molecule has 0 aliphatic heterocycles. The first kappa shape index (κ1) is 35.3. The van der Waals surface area contributed by atoms with Gasteiger partial charge in [0.25, 0.3) is 0 Å². The quantitative estimate of drug-likeness (QED) is 0.156. The third-order valence-electron chi connectivity index (χ3n) is 13.1. The molecular weight excluding hydrogens is 739 g/mol. The Balaban J connectivity index is 1.02. The van der Waals surface area contributed by atoms with Crippen molar-refractivity contribution in [3.63, 3.8) is 0 Å². The van der Waals surface area contributed by atoms with Crippen LogP contribution >= 0.6 is 0 Å². The molecule has 1 aliphatic rings. The molecule has 2 nitrogen and oxygen atoms in total. The first-order valence-corrected chi connectivity index (χ1v) is 21.2. The maximum absolute atomic E-state index is 6.77. The summed E-state index contributed by atoms with van der Waals surface area (Å²) in [6.07, 6.45) is 0. The molecule has 0 saturated heterocycles. The van der Waals surface area contributed by atoms with Crippen molar-refractivity contribution in [3.8, 4) is 44.5 Å². The average Bonchev–Trinajstić information content (AvgIpc) is 3.81. The standard InChI is InChI=1S/C59H41NO/c1-59(2)53-36-42(52-35-41-17-6-7-18-44(41)46-20-8-9-21-47(46)52)31-33-48(53)49-34-32-43(37-54(49)59)60(56-25-14-23-51-50-22-11-13-26-57(50)61-58(51)56)55-24-12-10-19-45(55)40-29-27-39(28-30-40)38-15-4-3-5-16-38/h3-37H,1-2H3. The molecule has 0 amide bonds. The SMILES string of the molecule is CC1(C)c2cc(-c3cc4ccccc4c4ccccc34)ccc2-c2ccc(N(c3ccccc3-c3ccc(-c4ccccc4)cc3)c3cccc4c3oc3ccccc34)cc21. The maximum atomic E-state index is 6.77. The number of hydrogen-bond acceptors (Lipinski definition) is 2. The summed E-state index contributed by atoms with van der Waals surface area (Å²) in [4.78, 5) is 2.41. The van der Waals surface area contributed by atoms with Gasteiger partial charge in [-0.15, -0.1) is 0 Å². The molecule has 10 aromatic carbocycles. The smallest absolute Gasteiger partial charge is 0.159 e. The minimum Gasteiger partial charge on any atom is -0.454 e. The number of rotatable bonds is 6. The van der Waals surface area contributed by atoms with Crippen molar-refractivity contribution in [2.45, 2.75) is 19.3 Å². The lowest BCUT2D eigenvalue weighted by Gasteiger charge is -2.30. The van der Waals surface area contributed by atoms with Gasteiger partial charge in [0.15, 0.2) is 5.58 Å². The van der Waals surface area contributed by atoms with Gasteiger partial charge in [-0.25, -0.2) is 0 Å². The Kier molecular flexibility index (Phi) is 7.92. The molecule has 1 aliphatic carbocycles. The van der Waals surface area contributed by atoms with Crippen LogP contribution < -0.4 is 4.90 Å². The molecule has 11 aromatic rings. The molecule has 0 fully saturated rings. The van der Waals surface area contributed by atoms with E-state index in [9.17, 15) is 0 Å². The highest BCUT2D eigenvalue weighted by molar-refractivity contribution is 6.14. The Labute approximate surface area is 355 Å². The number of benzene rings is 10. The van der Waals surface area contributed by atoms with E-state index in [1.165, 1.54) is 66.1 Å². The van der Waals surface area contributed by atoms with Gasteiger partial charge in [-0.1, -0.05) is 184 Å². The fourth-order valence-electron chi connectivity index (χ4n) is 10.0. The molecule has 0 saturated carbocycles. The zero-order valence-corrected chi connectivity index (χ0v) is 34.1. The van der Waals surface area contributed by atoms with Crippen LogP contribution in [0.2, 0.25) is 0 Å². The van der Waals surface area contributed by atoms with Crippen LogP contribution in [0.4, 0.5) is 17.1 Å². The van der Waals surface area contributed by atoms with Crippen molar-refractivity contribution in [2.24, 2.45) is 0 Å². The van der Waals surface area contributed by atoms with Gasteiger partial charge in [-0.05, 0) is 114 Å². The van der Waals surface area contributed by atoms with Gasteiger partial charge < -0.3 is 9.32 Å². The average molecular weight is 780 g/mol. The largest absolute Gasteiger partial charge is 0.454 e. The molecule has 0 unspecified atom stereocenters. The molecule has 61 heavy (non-hydrogen) atoms. The summed E-state index contributed by atoms with van der Waals surface area (Å²) in [6.45, 7) is 4.77. The first-order chi connectivity index (χ1) is 30.0. The normalized spacial score (nSPS) is 12.9. The maximum Gasteiger partial charge on any atom is 0.159 e. The topological polar surface area (TPSA) is 16.4 Å². The van der Waals surface area contributed by atoms with Crippen molar-refractivity contribution in [1.29, 1.82) is 0 Å². The molecular formula is C59H41NO. The highest BCUT2D eigenvalue weighted by atomic mass is 16.3. The lowest BCUT2D eigenvalue weighted by atomic mass is 9.81. The molecule has 0 radical (unpaired) electrons. The van der Waals surface area contributed by atoms with E-state index in [1.807, 2.05) is 6.07 Å². The van der Waals surface area contributed by atoms with Gasteiger partial charge in [0.05, 0.1) is 11.4 Å². The molecule has 0 atom stereocenters. The first-order valence-electron chi connectivity index (χ1n) is 21.2. The second-order valence-electron chi connectivity index (χ2n) is 16.9. The number of fused-ring (bicyclic) bond motifs is 9. The van der Waals surface area contributed by atoms with Gasteiger partial charge in [-0.2, -0.15) is 0 Å². The number of furan rings is 1. The Morgan fingerprint density at radius 3 is 1.79 bits per heavy atom. The third-order valence-corrected chi connectivity index (χ3v) is 13.1. The summed E-state index contributed by atoms with van der Waals surface area (Å²) in [7, 11) is 0. The summed E-state index contributed by atoms with van der Waals surface area (Å²) in [5, 5.41) is 7.33. The van der Waals surface area contributed by atoms with E-state index < -0.39 is 0 Å². The second-order valence-corrected chi connectivity index (χ2v) is 16.9. The summed E-state index contributed by atoms with van der Waals surface area (Å²) < 4.78 is 6.77. The monoisotopic (exact) mass is 779 g/mol. The zero-order valence-electron chi connectivity index (χ0n) is 34.1. The molecule has 2 heteroatoms. The molecule has 288 valence electrons. The van der Waals surface area contributed by atoms with Gasteiger partial charge in [0.1, 0.15) is 5.58 Å². The Hall–Kier alpha value is -7.68. The van der Waals surface area contributed by atoms with E-state index in [4.69, 9.17) is 4.42 Å². The molecule has 1 aromatic heterocycles. The zero-order chi connectivity index (χ0) is 40.7. The van der Waals surface area contributed by atoms with Crippen LogP contribution in [0.5, 0.6) is 0 Å².